The molecule has 0 saturated heterocycles. The highest BCUT2D eigenvalue weighted by molar-refractivity contribution is 5.54. The highest BCUT2D eigenvalue weighted by Crippen LogP contribution is 2.23. The van der Waals surface area contributed by atoms with Gasteiger partial charge in [-0.05, 0) is 32.9 Å². The van der Waals surface area contributed by atoms with Crippen molar-refractivity contribution in [2.45, 2.75) is 26.4 Å². The summed E-state index contributed by atoms with van der Waals surface area (Å²) in [7, 11) is 1.54. The Hall–Kier alpha value is -1.49. The Kier molecular flexibility index (Phi) is 4.17. The number of anilines is 2. The van der Waals surface area contributed by atoms with Crippen LogP contribution < -0.4 is 15.4 Å². The van der Waals surface area contributed by atoms with Crippen LogP contribution in [0.15, 0.2) is 12.1 Å². The summed E-state index contributed by atoms with van der Waals surface area (Å²) in [6.45, 7) is 6.80. The van der Waals surface area contributed by atoms with Crippen molar-refractivity contribution >= 4 is 11.5 Å². The quantitative estimate of drug-likeness (QED) is 0.809. The first-order valence-corrected chi connectivity index (χ1v) is 5.65. The average molecular weight is 239 g/mol. The van der Waals surface area contributed by atoms with Gasteiger partial charge >= 0.3 is 0 Å². The number of nitrogen functional groups attached to an aromatic ring is 1. The second-order valence-corrected chi connectivity index (χ2v) is 4.59. The standard InChI is InChI=1S/C12H21N3O2/c1-5-15(8-12(2,3)16)10-7-6-9(13)11(14-10)17-4/h6-7,16H,5,8,13H2,1-4H3. The molecule has 17 heavy (non-hydrogen) atoms. The Morgan fingerprint density at radius 2 is 2.12 bits per heavy atom. The minimum Gasteiger partial charge on any atom is -0.479 e. The molecule has 0 fully saturated rings. The third kappa shape index (κ3) is 3.78. The number of nitrogens with two attached hydrogens (primary N) is 1. The largest absolute Gasteiger partial charge is 0.479 e. The van der Waals surface area contributed by atoms with Crippen molar-refractivity contribution in [3.63, 3.8) is 0 Å². The highest BCUT2D eigenvalue weighted by Gasteiger charge is 2.19. The fourth-order valence-electron chi connectivity index (χ4n) is 1.60. The van der Waals surface area contributed by atoms with Gasteiger partial charge in [-0.1, -0.05) is 0 Å². The average Bonchev–Trinajstić information content (AvgIpc) is 2.25. The normalized spacial score (nSPS) is 11.4. The van der Waals surface area contributed by atoms with Crippen molar-refractivity contribution in [2.75, 3.05) is 30.8 Å². The van der Waals surface area contributed by atoms with E-state index in [0.29, 0.717) is 18.1 Å². The van der Waals surface area contributed by atoms with Crippen molar-refractivity contribution in [2.24, 2.45) is 0 Å². The second-order valence-electron chi connectivity index (χ2n) is 4.59. The minimum absolute atomic E-state index is 0.414. The number of likely N-dealkylation sites (N-methyl/N-ethyl adjacent to an activating group) is 1. The summed E-state index contributed by atoms with van der Waals surface area (Å²) >= 11 is 0. The summed E-state index contributed by atoms with van der Waals surface area (Å²) in [5.41, 5.74) is 5.45. The predicted molar refractivity (Wildman–Crippen MR) is 69.4 cm³/mol. The van der Waals surface area contributed by atoms with E-state index in [1.807, 2.05) is 17.9 Å². The third-order valence-electron chi connectivity index (χ3n) is 2.35. The molecule has 5 heteroatoms. The van der Waals surface area contributed by atoms with Crippen molar-refractivity contribution in [1.82, 2.24) is 4.98 Å². The van der Waals surface area contributed by atoms with Crippen LogP contribution in [0.3, 0.4) is 0 Å². The van der Waals surface area contributed by atoms with Crippen LogP contribution in [-0.2, 0) is 0 Å². The Morgan fingerprint density at radius 1 is 1.47 bits per heavy atom. The molecule has 1 aromatic rings. The summed E-state index contributed by atoms with van der Waals surface area (Å²) in [6.07, 6.45) is 0. The van der Waals surface area contributed by atoms with Crippen LogP contribution in [0.4, 0.5) is 11.5 Å². The van der Waals surface area contributed by atoms with Gasteiger partial charge in [-0.25, -0.2) is 0 Å². The van der Waals surface area contributed by atoms with Gasteiger partial charge in [0.1, 0.15) is 5.82 Å². The van der Waals surface area contributed by atoms with E-state index in [2.05, 4.69) is 4.98 Å². The molecule has 0 bridgehead atoms. The minimum atomic E-state index is -0.772. The molecular weight excluding hydrogens is 218 g/mol. The van der Waals surface area contributed by atoms with E-state index in [1.54, 1.807) is 19.9 Å². The number of hydrogen-bond donors (Lipinski definition) is 2. The fourth-order valence-corrected chi connectivity index (χ4v) is 1.60. The van der Waals surface area contributed by atoms with Gasteiger partial charge in [0.25, 0.3) is 0 Å². The maximum Gasteiger partial charge on any atom is 0.238 e. The Bertz CT molecular complexity index is 375. The van der Waals surface area contributed by atoms with Gasteiger partial charge in [-0.2, -0.15) is 4.98 Å². The van der Waals surface area contributed by atoms with Crippen LogP contribution >= 0.6 is 0 Å². The van der Waals surface area contributed by atoms with E-state index >= 15 is 0 Å². The summed E-state index contributed by atoms with van der Waals surface area (Å²) in [5, 5.41) is 9.84. The monoisotopic (exact) mass is 239 g/mol. The smallest absolute Gasteiger partial charge is 0.238 e. The SMILES string of the molecule is CCN(CC(C)(C)O)c1ccc(N)c(OC)n1. The third-order valence-corrected chi connectivity index (χ3v) is 2.35. The van der Waals surface area contributed by atoms with Crippen LogP contribution in [0.1, 0.15) is 20.8 Å². The molecule has 0 spiro atoms. The van der Waals surface area contributed by atoms with E-state index < -0.39 is 5.60 Å². The lowest BCUT2D eigenvalue weighted by Crippen LogP contribution is -2.39. The Labute approximate surface area is 102 Å². The lowest BCUT2D eigenvalue weighted by atomic mass is 10.1. The predicted octanol–water partition coefficient (Wildman–Crippen LogP) is 1.27. The Morgan fingerprint density at radius 3 is 2.59 bits per heavy atom. The molecule has 0 atom stereocenters. The summed E-state index contributed by atoms with van der Waals surface area (Å²) in [4.78, 5) is 6.29. The van der Waals surface area contributed by atoms with E-state index in [4.69, 9.17) is 10.5 Å². The topological polar surface area (TPSA) is 71.6 Å². The van der Waals surface area contributed by atoms with Gasteiger partial charge < -0.3 is 20.5 Å². The van der Waals surface area contributed by atoms with Gasteiger partial charge in [-0.3, -0.25) is 0 Å². The highest BCUT2D eigenvalue weighted by atomic mass is 16.5. The molecule has 0 unspecified atom stereocenters. The number of nitrogens with zero attached hydrogens (tertiary/aromatic N) is 2. The molecule has 0 aliphatic carbocycles. The first-order valence-electron chi connectivity index (χ1n) is 5.65. The van der Waals surface area contributed by atoms with E-state index in [-0.39, 0.29) is 0 Å². The molecule has 1 rings (SSSR count). The first-order chi connectivity index (χ1) is 7.87. The number of aromatic nitrogens is 1. The van der Waals surface area contributed by atoms with E-state index in [1.165, 1.54) is 7.11 Å². The summed E-state index contributed by atoms with van der Waals surface area (Å²) < 4.78 is 5.09. The zero-order valence-electron chi connectivity index (χ0n) is 10.9. The molecule has 0 aliphatic heterocycles. The van der Waals surface area contributed by atoms with Crippen LogP contribution in [-0.4, -0.2) is 35.9 Å². The number of hydrogen-bond acceptors (Lipinski definition) is 5. The fraction of sp³-hybridized carbons (Fsp3) is 0.583. The molecule has 96 valence electrons. The zero-order valence-corrected chi connectivity index (χ0v) is 10.9. The number of aliphatic hydroxyl groups is 1. The van der Waals surface area contributed by atoms with Gasteiger partial charge in [0.2, 0.25) is 5.88 Å². The van der Waals surface area contributed by atoms with Crippen LogP contribution in [0.2, 0.25) is 0 Å². The lowest BCUT2D eigenvalue weighted by molar-refractivity contribution is 0.0874. The van der Waals surface area contributed by atoms with E-state index in [9.17, 15) is 5.11 Å². The molecule has 0 aliphatic rings. The van der Waals surface area contributed by atoms with Crippen LogP contribution in [0.25, 0.3) is 0 Å². The lowest BCUT2D eigenvalue weighted by Gasteiger charge is -2.29. The van der Waals surface area contributed by atoms with Crippen LogP contribution in [0, 0.1) is 0 Å². The molecule has 5 nitrogen and oxygen atoms in total. The van der Waals surface area contributed by atoms with Crippen molar-refractivity contribution in [3.05, 3.63) is 12.1 Å². The Balaban J connectivity index is 2.96. The maximum atomic E-state index is 9.84. The van der Waals surface area contributed by atoms with Gasteiger partial charge in [-0.15, -0.1) is 0 Å². The molecule has 1 aromatic heterocycles. The molecule has 0 saturated carbocycles. The molecular formula is C12H21N3O2. The van der Waals surface area contributed by atoms with Gasteiger partial charge in [0.15, 0.2) is 0 Å². The number of rotatable bonds is 5. The summed E-state index contributed by atoms with van der Waals surface area (Å²) in [5.74, 6) is 1.16. The second kappa shape index (κ2) is 5.23. The van der Waals surface area contributed by atoms with Crippen molar-refractivity contribution in [3.8, 4) is 5.88 Å². The van der Waals surface area contributed by atoms with Gasteiger partial charge in [0, 0.05) is 13.1 Å². The van der Waals surface area contributed by atoms with Crippen LogP contribution in [0.5, 0.6) is 5.88 Å². The van der Waals surface area contributed by atoms with E-state index in [0.717, 1.165) is 12.4 Å². The molecule has 3 N–H and O–H groups in total. The number of ether oxygens (including phenoxy) is 1. The van der Waals surface area contributed by atoms with Gasteiger partial charge in [0.05, 0.1) is 18.4 Å². The molecule has 0 amide bonds. The number of pyridine rings is 1. The molecule has 1 heterocycles. The molecule has 0 aromatic carbocycles. The molecule has 0 radical (unpaired) electrons. The summed E-state index contributed by atoms with van der Waals surface area (Å²) in [6, 6.07) is 3.58. The number of methoxy groups -OCH3 is 1. The van der Waals surface area contributed by atoms with Crippen molar-refractivity contribution in [1.29, 1.82) is 0 Å². The zero-order chi connectivity index (χ0) is 13.1. The van der Waals surface area contributed by atoms with Crippen molar-refractivity contribution < 1.29 is 9.84 Å². The first kappa shape index (κ1) is 13.6. The maximum absolute atomic E-state index is 9.84.